The molecule has 0 fully saturated rings. The van der Waals surface area contributed by atoms with E-state index in [4.69, 9.17) is 14.2 Å². The summed E-state index contributed by atoms with van der Waals surface area (Å²) in [5.74, 6) is 0.776. The molecule has 0 saturated heterocycles. The SMILES string of the molecule is COc1cc(C=NNC(=O)[C@@H](O)c2ccccc2)cc(OC)c1OC. The molecule has 7 nitrogen and oxygen atoms in total. The van der Waals surface area contributed by atoms with Gasteiger partial charge in [0.25, 0.3) is 5.91 Å². The van der Waals surface area contributed by atoms with Crippen molar-refractivity contribution in [3.8, 4) is 17.2 Å². The monoisotopic (exact) mass is 344 g/mol. The van der Waals surface area contributed by atoms with Crippen LogP contribution >= 0.6 is 0 Å². The number of nitrogens with one attached hydrogen (secondary N) is 1. The summed E-state index contributed by atoms with van der Waals surface area (Å²) in [5, 5.41) is 13.8. The second-order valence-corrected chi connectivity index (χ2v) is 5.01. The van der Waals surface area contributed by atoms with Crippen LogP contribution in [0.15, 0.2) is 47.6 Å². The Morgan fingerprint density at radius 1 is 1.08 bits per heavy atom. The number of carbonyl (C=O) groups excluding carboxylic acids is 1. The maximum Gasteiger partial charge on any atom is 0.273 e. The van der Waals surface area contributed by atoms with Crippen LogP contribution in [0.25, 0.3) is 0 Å². The number of carbonyl (C=O) groups is 1. The first kappa shape index (κ1) is 18.3. The zero-order chi connectivity index (χ0) is 18.2. The van der Waals surface area contributed by atoms with Crippen molar-refractivity contribution in [1.29, 1.82) is 0 Å². The zero-order valence-corrected chi connectivity index (χ0v) is 14.2. The Morgan fingerprint density at radius 3 is 2.20 bits per heavy atom. The summed E-state index contributed by atoms with van der Waals surface area (Å²) in [7, 11) is 4.53. The second kappa shape index (κ2) is 8.70. The van der Waals surface area contributed by atoms with E-state index in [1.54, 1.807) is 42.5 Å². The number of hydrogen-bond donors (Lipinski definition) is 2. The van der Waals surface area contributed by atoms with Gasteiger partial charge in [-0.15, -0.1) is 0 Å². The first-order chi connectivity index (χ1) is 12.1. The van der Waals surface area contributed by atoms with Gasteiger partial charge in [0.2, 0.25) is 5.75 Å². The number of methoxy groups -OCH3 is 3. The molecule has 0 heterocycles. The Bertz CT molecular complexity index is 721. The van der Waals surface area contributed by atoms with Crippen LogP contribution in [-0.2, 0) is 4.79 Å². The molecule has 2 rings (SSSR count). The number of amides is 1. The minimum absolute atomic E-state index is 0.464. The lowest BCUT2D eigenvalue weighted by atomic mass is 10.1. The van der Waals surface area contributed by atoms with Crippen molar-refractivity contribution in [3.63, 3.8) is 0 Å². The highest BCUT2D eigenvalue weighted by Crippen LogP contribution is 2.37. The van der Waals surface area contributed by atoms with E-state index in [1.165, 1.54) is 27.5 Å². The molecule has 132 valence electrons. The number of hydrazone groups is 1. The van der Waals surface area contributed by atoms with E-state index in [0.29, 0.717) is 28.4 Å². The van der Waals surface area contributed by atoms with Crippen molar-refractivity contribution in [2.24, 2.45) is 5.10 Å². The summed E-state index contributed by atoms with van der Waals surface area (Å²) in [4.78, 5) is 11.9. The van der Waals surface area contributed by atoms with E-state index >= 15 is 0 Å². The molecule has 0 radical (unpaired) electrons. The maximum atomic E-state index is 11.9. The molecule has 0 aliphatic rings. The molecular weight excluding hydrogens is 324 g/mol. The quantitative estimate of drug-likeness (QED) is 0.591. The highest BCUT2D eigenvalue weighted by atomic mass is 16.5. The van der Waals surface area contributed by atoms with Crippen LogP contribution in [-0.4, -0.2) is 38.6 Å². The van der Waals surface area contributed by atoms with Crippen molar-refractivity contribution in [2.45, 2.75) is 6.10 Å². The third-order valence-electron chi connectivity index (χ3n) is 3.44. The lowest BCUT2D eigenvalue weighted by Gasteiger charge is -2.12. The Balaban J connectivity index is 2.10. The first-order valence-electron chi connectivity index (χ1n) is 7.46. The number of aliphatic hydroxyl groups excluding tert-OH is 1. The standard InChI is InChI=1S/C18H20N2O5/c1-23-14-9-12(10-15(24-2)17(14)25-3)11-19-20-18(22)16(21)13-7-5-4-6-8-13/h4-11,16,21H,1-3H3,(H,20,22)/t16-/m0/s1. The molecule has 1 atom stereocenters. The fourth-order valence-corrected chi connectivity index (χ4v) is 2.19. The summed E-state index contributed by atoms with van der Waals surface area (Å²) in [6, 6.07) is 12.0. The molecular formula is C18H20N2O5. The van der Waals surface area contributed by atoms with Gasteiger partial charge in [0.15, 0.2) is 17.6 Å². The Morgan fingerprint density at radius 2 is 1.68 bits per heavy atom. The van der Waals surface area contributed by atoms with Crippen molar-refractivity contribution in [2.75, 3.05) is 21.3 Å². The number of aliphatic hydroxyl groups is 1. The third-order valence-corrected chi connectivity index (χ3v) is 3.44. The number of benzene rings is 2. The van der Waals surface area contributed by atoms with E-state index in [-0.39, 0.29) is 0 Å². The predicted octanol–water partition coefficient (Wildman–Crippen LogP) is 1.90. The van der Waals surface area contributed by atoms with E-state index in [9.17, 15) is 9.90 Å². The molecule has 0 spiro atoms. The van der Waals surface area contributed by atoms with Crippen LogP contribution in [0.3, 0.4) is 0 Å². The van der Waals surface area contributed by atoms with Crippen molar-refractivity contribution in [3.05, 3.63) is 53.6 Å². The van der Waals surface area contributed by atoms with E-state index in [1.807, 2.05) is 0 Å². The van der Waals surface area contributed by atoms with Gasteiger partial charge in [-0.25, -0.2) is 5.43 Å². The molecule has 2 aromatic rings. The van der Waals surface area contributed by atoms with Gasteiger partial charge >= 0.3 is 0 Å². The molecule has 2 N–H and O–H groups in total. The van der Waals surface area contributed by atoms with E-state index < -0.39 is 12.0 Å². The van der Waals surface area contributed by atoms with Gasteiger partial charge < -0.3 is 19.3 Å². The van der Waals surface area contributed by atoms with Crippen molar-refractivity contribution in [1.82, 2.24) is 5.43 Å². The van der Waals surface area contributed by atoms with E-state index in [0.717, 1.165) is 0 Å². The summed E-state index contributed by atoms with van der Waals surface area (Å²) >= 11 is 0. The maximum absolute atomic E-state index is 11.9. The highest BCUT2D eigenvalue weighted by Gasteiger charge is 2.16. The molecule has 0 saturated carbocycles. The summed E-state index contributed by atoms with van der Waals surface area (Å²) < 4.78 is 15.7. The molecule has 2 aromatic carbocycles. The summed E-state index contributed by atoms with van der Waals surface area (Å²) in [5.41, 5.74) is 3.42. The smallest absolute Gasteiger partial charge is 0.273 e. The fraction of sp³-hybridized carbons (Fsp3) is 0.222. The van der Waals surface area contributed by atoms with Crippen LogP contribution in [0.4, 0.5) is 0 Å². The lowest BCUT2D eigenvalue weighted by molar-refractivity contribution is -0.129. The van der Waals surface area contributed by atoms with Crippen LogP contribution < -0.4 is 19.6 Å². The molecule has 25 heavy (non-hydrogen) atoms. The number of rotatable bonds is 7. The van der Waals surface area contributed by atoms with Gasteiger partial charge in [-0.2, -0.15) is 5.10 Å². The average Bonchev–Trinajstić information content (AvgIpc) is 2.66. The lowest BCUT2D eigenvalue weighted by Crippen LogP contribution is -2.25. The predicted molar refractivity (Wildman–Crippen MR) is 93.2 cm³/mol. The molecule has 0 bridgehead atoms. The van der Waals surface area contributed by atoms with Crippen molar-refractivity contribution >= 4 is 12.1 Å². The Kier molecular flexibility index (Phi) is 6.36. The van der Waals surface area contributed by atoms with Crippen LogP contribution in [0.2, 0.25) is 0 Å². The highest BCUT2D eigenvalue weighted by molar-refractivity contribution is 5.86. The van der Waals surface area contributed by atoms with Gasteiger partial charge in [-0.1, -0.05) is 30.3 Å². The molecule has 0 aliphatic carbocycles. The fourth-order valence-electron chi connectivity index (χ4n) is 2.19. The van der Waals surface area contributed by atoms with Crippen molar-refractivity contribution < 1.29 is 24.1 Å². The number of nitrogens with zero attached hydrogens (tertiary/aromatic N) is 1. The van der Waals surface area contributed by atoms with Crippen LogP contribution in [0.1, 0.15) is 17.2 Å². The van der Waals surface area contributed by atoms with Gasteiger partial charge in [-0.05, 0) is 17.7 Å². The van der Waals surface area contributed by atoms with Crippen LogP contribution in [0, 0.1) is 0 Å². The first-order valence-corrected chi connectivity index (χ1v) is 7.46. The zero-order valence-electron chi connectivity index (χ0n) is 14.2. The second-order valence-electron chi connectivity index (χ2n) is 5.01. The molecule has 0 unspecified atom stereocenters. The number of hydrogen-bond acceptors (Lipinski definition) is 6. The largest absolute Gasteiger partial charge is 0.493 e. The van der Waals surface area contributed by atoms with E-state index in [2.05, 4.69) is 10.5 Å². The number of ether oxygens (including phenoxy) is 3. The van der Waals surface area contributed by atoms with Gasteiger partial charge in [0.1, 0.15) is 0 Å². The normalized spacial score (nSPS) is 11.8. The summed E-state index contributed by atoms with van der Waals surface area (Å²) in [6.07, 6.45) is 0.124. The van der Waals surface area contributed by atoms with Gasteiger partial charge in [0, 0.05) is 5.56 Å². The Labute approximate surface area is 145 Å². The van der Waals surface area contributed by atoms with Gasteiger partial charge in [0.05, 0.1) is 27.5 Å². The van der Waals surface area contributed by atoms with Gasteiger partial charge in [-0.3, -0.25) is 4.79 Å². The van der Waals surface area contributed by atoms with Crippen LogP contribution in [0.5, 0.6) is 17.2 Å². The molecule has 0 aromatic heterocycles. The topological polar surface area (TPSA) is 89.4 Å². The Hall–Kier alpha value is -3.06. The molecule has 0 aliphatic heterocycles. The third kappa shape index (κ3) is 4.48. The minimum Gasteiger partial charge on any atom is -0.493 e. The molecule has 1 amide bonds. The summed E-state index contributed by atoms with van der Waals surface area (Å²) in [6.45, 7) is 0. The minimum atomic E-state index is -1.29. The average molecular weight is 344 g/mol. The molecule has 7 heteroatoms.